The molecule has 1 heterocycles. The Kier molecular flexibility index (Phi) is 6.12. The highest BCUT2D eigenvalue weighted by atomic mass is 16.5. The lowest BCUT2D eigenvalue weighted by Crippen LogP contribution is -2.17. The van der Waals surface area contributed by atoms with Gasteiger partial charge in [-0.15, -0.1) is 0 Å². The third-order valence-corrected chi connectivity index (χ3v) is 4.44. The quantitative estimate of drug-likeness (QED) is 0.566. The van der Waals surface area contributed by atoms with E-state index >= 15 is 0 Å². The van der Waals surface area contributed by atoms with E-state index in [1.165, 1.54) is 0 Å². The van der Waals surface area contributed by atoms with Crippen molar-refractivity contribution in [3.05, 3.63) is 53.7 Å². The van der Waals surface area contributed by atoms with Gasteiger partial charge >= 0.3 is 0 Å². The minimum Gasteiger partial charge on any atom is -0.493 e. The van der Waals surface area contributed by atoms with Crippen LogP contribution in [-0.2, 0) is 0 Å². The maximum absolute atomic E-state index is 10.2. The topological polar surface area (TPSA) is 67.4 Å². The average Bonchev–Trinajstić information content (AvgIpc) is 3.03. The van der Waals surface area contributed by atoms with Crippen molar-refractivity contribution in [2.24, 2.45) is 0 Å². The Balaban J connectivity index is 1.38. The molecule has 0 radical (unpaired) electrons. The molecule has 5 nitrogen and oxygen atoms in total. The first kappa shape index (κ1) is 18.3. The number of unbranched alkanes of at least 4 members (excludes halogenated alkanes) is 1. The Morgan fingerprint density at radius 1 is 1.00 bits per heavy atom. The Bertz CT molecular complexity index is 844. The highest BCUT2D eigenvalue weighted by Gasteiger charge is 2.10. The molecule has 0 aliphatic carbocycles. The number of fused-ring (bicyclic) bond motifs is 1. The Hall–Kier alpha value is -2.53. The van der Waals surface area contributed by atoms with Crippen LogP contribution in [0.3, 0.4) is 0 Å². The first-order chi connectivity index (χ1) is 12.6. The van der Waals surface area contributed by atoms with E-state index in [-0.39, 0.29) is 6.61 Å². The van der Waals surface area contributed by atoms with Gasteiger partial charge in [-0.05, 0) is 56.9 Å². The molecule has 0 bridgehead atoms. The van der Waals surface area contributed by atoms with E-state index in [2.05, 4.69) is 10.2 Å². The van der Waals surface area contributed by atoms with Gasteiger partial charge in [-0.2, -0.15) is 5.10 Å². The van der Waals surface area contributed by atoms with Crippen LogP contribution < -0.4 is 9.47 Å². The number of aromatic amines is 1. The van der Waals surface area contributed by atoms with Gasteiger partial charge in [0, 0.05) is 5.69 Å². The molecule has 2 N–H and O–H groups in total. The van der Waals surface area contributed by atoms with Gasteiger partial charge in [-0.1, -0.05) is 24.3 Å². The lowest BCUT2D eigenvalue weighted by molar-refractivity contribution is 0.0971. The molecule has 26 heavy (non-hydrogen) atoms. The molecule has 1 atom stereocenters. The average molecular weight is 354 g/mol. The van der Waals surface area contributed by atoms with E-state index in [0.29, 0.717) is 13.0 Å². The van der Waals surface area contributed by atoms with Gasteiger partial charge in [0.15, 0.2) is 0 Å². The normalized spacial score (nSPS) is 12.3. The number of aliphatic hydroxyl groups excluding tert-OH is 1. The summed E-state index contributed by atoms with van der Waals surface area (Å²) in [5.41, 5.74) is 2.99. The van der Waals surface area contributed by atoms with Crippen molar-refractivity contribution >= 4 is 10.9 Å². The van der Waals surface area contributed by atoms with Gasteiger partial charge in [0.25, 0.3) is 0 Å². The van der Waals surface area contributed by atoms with Crippen molar-refractivity contribution in [1.29, 1.82) is 0 Å². The number of nitrogens with one attached hydrogen (secondary N) is 1. The Morgan fingerprint density at radius 3 is 2.65 bits per heavy atom. The summed E-state index contributed by atoms with van der Waals surface area (Å²) in [5, 5.41) is 18.3. The van der Waals surface area contributed by atoms with Crippen LogP contribution in [0.1, 0.15) is 30.5 Å². The molecule has 0 amide bonds. The number of nitrogens with zero attached hydrogens (tertiary/aromatic N) is 1. The zero-order valence-corrected chi connectivity index (χ0v) is 15.4. The molecule has 0 saturated carbocycles. The summed E-state index contributed by atoms with van der Waals surface area (Å²) in [6, 6.07) is 13.8. The molecule has 0 saturated heterocycles. The monoisotopic (exact) mass is 354 g/mol. The van der Waals surface area contributed by atoms with E-state index < -0.39 is 6.10 Å². The van der Waals surface area contributed by atoms with Crippen molar-refractivity contribution in [2.75, 3.05) is 13.2 Å². The predicted octanol–water partition coefficient (Wildman–Crippen LogP) is 4.17. The molecular weight excluding hydrogens is 328 g/mol. The number of rotatable bonds is 9. The van der Waals surface area contributed by atoms with Crippen LogP contribution in [0.5, 0.6) is 11.5 Å². The number of benzene rings is 2. The number of H-pyrrole nitrogens is 1. The number of ether oxygens (including phenoxy) is 2. The maximum atomic E-state index is 10.2. The third-order valence-electron chi connectivity index (χ3n) is 4.44. The Labute approximate surface area is 154 Å². The fraction of sp³-hybridized carbons (Fsp3) is 0.381. The first-order valence-corrected chi connectivity index (χ1v) is 9.08. The van der Waals surface area contributed by atoms with Gasteiger partial charge in [-0.3, -0.25) is 5.10 Å². The molecule has 138 valence electrons. The lowest BCUT2D eigenvalue weighted by atomic mass is 10.1. The summed E-state index contributed by atoms with van der Waals surface area (Å²) in [6.07, 6.45) is 2.00. The van der Waals surface area contributed by atoms with Crippen molar-refractivity contribution < 1.29 is 14.6 Å². The second kappa shape index (κ2) is 8.72. The molecule has 0 unspecified atom stereocenters. The molecule has 0 aliphatic heterocycles. The molecule has 0 aliphatic rings. The van der Waals surface area contributed by atoms with Crippen molar-refractivity contribution in [1.82, 2.24) is 10.2 Å². The SMILES string of the molecule is Cc1ccccc1OCCCC[C@H](O)COc1cccc2n[nH]c(C)c12. The van der Waals surface area contributed by atoms with Crippen LogP contribution in [0.2, 0.25) is 0 Å². The standard InChI is InChI=1S/C21H26N2O3/c1-15-8-3-4-11-19(15)25-13-6-5-9-17(24)14-26-20-12-7-10-18-21(20)16(2)22-23-18/h3-4,7-8,10-12,17,24H,5-6,9,13-14H2,1-2H3,(H,22,23)/t17-/m0/s1. The summed E-state index contributed by atoms with van der Waals surface area (Å²) in [5.74, 6) is 1.69. The van der Waals surface area contributed by atoms with Crippen molar-refractivity contribution in [2.45, 2.75) is 39.2 Å². The minimum atomic E-state index is -0.490. The van der Waals surface area contributed by atoms with Crippen LogP contribution in [0, 0.1) is 13.8 Å². The number of aliphatic hydroxyl groups is 1. The fourth-order valence-corrected chi connectivity index (χ4v) is 2.96. The number of hydrogen-bond donors (Lipinski definition) is 2. The van der Waals surface area contributed by atoms with Gasteiger partial charge < -0.3 is 14.6 Å². The van der Waals surface area contributed by atoms with Crippen LogP contribution in [0.25, 0.3) is 10.9 Å². The highest BCUT2D eigenvalue weighted by Crippen LogP contribution is 2.27. The zero-order valence-electron chi connectivity index (χ0n) is 15.4. The maximum Gasteiger partial charge on any atom is 0.130 e. The smallest absolute Gasteiger partial charge is 0.130 e. The van der Waals surface area contributed by atoms with Crippen molar-refractivity contribution in [3.63, 3.8) is 0 Å². The van der Waals surface area contributed by atoms with Gasteiger partial charge in [0.1, 0.15) is 18.1 Å². The number of aryl methyl sites for hydroxylation is 2. The van der Waals surface area contributed by atoms with Crippen LogP contribution in [0.4, 0.5) is 0 Å². The van der Waals surface area contributed by atoms with Crippen LogP contribution in [0.15, 0.2) is 42.5 Å². The Morgan fingerprint density at radius 2 is 1.81 bits per heavy atom. The van der Waals surface area contributed by atoms with Gasteiger partial charge in [0.05, 0.1) is 23.6 Å². The molecule has 3 rings (SSSR count). The van der Waals surface area contributed by atoms with Gasteiger partial charge in [-0.25, -0.2) is 0 Å². The third kappa shape index (κ3) is 4.55. The number of aromatic nitrogens is 2. The molecule has 2 aromatic carbocycles. The first-order valence-electron chi connectivity index (χ1n) is 9.08. The number of para-hydroxylation sites is 1. The molecule has 3 aromatic rings. The van der Waals surface area contributed by atoms with E-state index in [9.17, 15) is 5.11 Å². The predicted molar refractivity (Wildman–Crippen MR) is 103 cm³/mol. The highest BCUT2D eigenvalue weighted by molar-refractivity contribution is 5.87. The molecule has 5 heteroatoms. The van der Waals surface area contributed by atoms with Crippen LogP contribution >= 0.6 is 0 Å². The number of hydrogen-bond acceptors (Lipinski definition) is 4. The molecule has 1 aromatic heterocycles. The fourth-order valence-electron chi connectivity index (χ4n) is 2.96. The molecule has 0 spiro atoms. The van der Waals surface area contributed by atoms with E-state index in [0.717, 1.165) is 46.5 Å². The largest absolute Gasteiger partial charge is 0.493 e. The summed E-state index contributed by atoms with van der Waals surface area (Å²) in [7, 11) is 0. The zero-order chi connectivity index (χ0) is 18.4. The van der Waals surface area contributed by atoms with Crippen molar-refractivity contribution in [3.8, 4) is 11.5 Å². The molecular formula is C21H26N2O3. The minimum absolute atomic E-state index is 0.280. The lowest BCUT2D eigenvalue weighted by Gasteiger charge is -2.13. The van der Waals surface area contributed by atoms with Gasteiger partial charge in [0.2, 0.25) is 0 Å². The summed E-state index contributed by atoms with van der Waals surface area (Å²) >= 11 is 0. The summed E-state index contributed by atoms with van der Waals surface area (Å²) in [6.45, 7) is 4.94. The molecule has 0 fully saturated rings. The van der Waals surface area contributed by atoms with E-state index in [1.807, 2.05) is 56.3 Å². The summed E-state index contributed by atoms with van der Waals surface area (Å²) in [4.78, 5) is 0. The van der Waals surface area contributed by atoms with E-state index in [4.69, 9.17) is 9.47 Å². The second-order valence-corrected chi connectivity index (χ2v) is 6.57. The second-order valence-electron chi connectivity index (χ2n) is 6.57. The van der Waals surface area contributed by atoms with Crippen LogP contribution in [-0.4, -0.2) is 34.6 Å². The van der Waals surface area contributed by atoms with E-state index in [1.54, 1.807) is 0 Å². The summed E-state index contributed by atoms with van der Waals surface area (Å²) < 4.78 is 11.6.